The van der Waals surface area contributed by atoms with Gasteiger partial charge in [0.05, 0.1) is 17.1 Å². The van der Waals surface area contributed by atoms with Gasteiger partial charge in [-0.05, 0) is 27.7 Å². The number of carbonyl (C=O) groups excluding carboxylic acids is 1. The summed E-state index contributed by atoms with van der Waals surface area (Å²) >= 11 is 3.04. The van der Waals surface area contributed by atoms with Crippen molar-refractivity contribution < 1.29 is 9.32 Å². The van der Waals surface area contributed by atoms with Gasteiger partial charge in [0.15, 0.2) is 5.13 Å². The minimum atomic E-state index is -0.0319. The Bertz CT molecular complexity index is 580. The minimum Gasteiger partial charge on any atom is -0.361 e. The molecule has 1 N–H and O–H groups in total. The lowest BCUT2D eigenvalue weighted by Gasteiger charge is -2.02. The van der Waals surface area contributed by atoms with Crippen molar-refractivity contribution in [1.29, 1.82) is 0 Å². The summed E-state index contributed by atoms with van der Waals surface area (Å²) in [5.41, 5.74) is 2.93. The van der Waals surface area contributed by atoms with Gasteiger partial charge in [-0.2, -0.15) is 0 Å². The third kappa shape index (κ3) is 3.61. The van der Waals surface area contributed by atoms with E-state index in [1.165, 1.54) is 11.3 Å². The van der Waals surface area contributed by atoms with E-state index in [-0.39, 0.29) is 5.91 Å². The smallest absolute Gasteiger partial charge is 0.236 e. The van der Waals surface area contributed by atoms with Crippen LogP contribution >= 0.6 is 23.1 Å². The van der Waals surface area contributed by atoms with Crippen LogP contribution in [0.15, 0.2) is 4.52 Å². The van der Waals surface area contributed by atoms with Gasteiger partial charge in [-0.3, -0.25) is 4.79 Å². The molecule has 2 heterocycles. The number of thiazole rings is 1. The van der Waals surface area contributed by atoms with Gasteiger partial charge < -0.3 is 9.84 Å². The first kappa shape index (κ1) is 15.1. The Morgan fingerprint density at radius 1 is 1.30 bits per heavy atom. The number of hydrogen-bond acceptors (Lipinski definition) is 6. The highest BCUT2D eigenvalue weighted by Crippen LogP contribution is 2.22. The van der Waals surface area contributed by atoms with Gasteiger partial charge in [-0.1, -0.05) is 5.16 Å². The van der Waals surface area contributed by atoms with Crippen LogP contribution in [0.2, 0.25) is 0 Å². The zero-order valence-corrected chi connectivity index (χ0v) is 13.6. The van der Waals surface area contributed by atoms with Gasteiger partial charge in [0.2, 0.25) is 5.91 Å². The first-order chi connectivity index (χ1) is 9.47. The minimum absolute atomic E-state index is 0.0319. The number of amides is 1. The molecule has 0 aliphatic heterocycles. The molecule has 2 rings (SSSR count). The van der Waals surface area contributed by atoms with E-state index in [0.29, 0.717) is 10.9 Å². The lowest BCUT2D eigenvalue weighted by molar-refractivity contribution is -0.113. The average molecular weight is 311 g/mol. The summed E-state index contributed by atoms with van der Waals surface area (Å²) in [6.07, 6.45) is 0. The Hall–Kier alpha value is -1.34. The molecule has 2 aromatic heterocycles. The third-order valence-corrected chi connectivity index (χ3v) is 4.88. The van der Waals surface area contributed by atoms with Crippen molar-refractivity contribution in [3.63, 3.8) is 0 Å². The first-order valence-electron chi connectivity index (χ1n) is 6.20. The topological polar surface area (TPSA) is 68.0 Å². The maximum atomic E-state index is 11.8. The number of anilines is 1. The van der Waals surface area contributed by atoms with Crippen molar-refractivity contribution in [1.82, 2.24) is 10.1 Å². The number of nitrogens with one attached hydrogen (secondary N) is 1. The fourth-order valence-electron chi connectivity index (χ4n) is 1.64. The molecule has 5 nitrogen and oxygen atoms in total. The molecule has 0 atom stereocenters. The lowest BCUT2D eigenvalue weighted by atomic mass is 10.2. The maximum absolute atomic E-state index is 11.8. The highest BCUT2D eigenvalue weighted by Gasteiger charge is 2.11. The van der Waals surface area contributed by atoms with Crippen LogP contribution in [-0.2, 0) is 10.5 Å². The van der Waals surface area contributed by atoms with E-state index in [9.17, 15) is 4.79 Å². The fourth-order valence-corrected chi connectivity index (χ4v) is 3.44. The van der Waals surface area contributed by atoms with E-state index in [1.807, 2.05) is 27.7 Å². The van der Waals surface area contributed by atoms with E-state index in [4.69, 9.17) is 4.52 Å². The Balaban J connectivity index is 1.81. The van der Waals surface area contributed by atoms with Crippen molar-refractivity contribution >= 4 is 34.1 Å². The van der Waals surface area contributed by atoms with Crippen molar-refractivity contribution in [3.05, 3.63) is 27.6 Å². The molecule has 0 aliphatic rings. The van der Waals surface area contributed by atoms with Gasteiger partial charge in [-0.25, -0.2) is 4.98 Å². The predicted molar refractivity (Wildman–Crippen MR) is 82.4 cm³/mol. The first-order valence-corrected chi connectivity index (χ1v) is 8.18. The third-order valence-electron chi connectivity index (χ3n) is 2.94. The molecule has 0 spiro atoms. The highest BCUT2D eigenvalue weighted by molar-refractivity contribution is 7.99. The van der Waals surface area contributed by atoms with Crippen LogP contribution in [-0.4, -0.2) is 21.8 Å². The summed E-state index contributed by atoms with van der Waals surface area (Å²) < 4.78 is 5.09. The van der Waals surface area contributed by atoms with Crippen LogP contribution in [0, 0.1) is 27.7 Å². The molecule has 7 heteroatoms. The second kappa shape index (κ2) is 6.41. The van der Waals surface area contributed by atoms with Crippen molar-refractivity contribution in [3.8, 4) is 0 Å². The zero-order valence-electron chi connectivity index (χ0n) is 11.9. The molecular weight excluding hydrogens is 294 g/mol. The van der Waals surface area contributed by atoms with Gasteiger partial charge in [0, 0.05) is 16.2 Å². The lowest BCUT2D eigenvalue weighted by Crippen LogP contribution is -2.14. The quantitative estimate of drug-likeness (QED) is 0.918. The van der Waals surface area contributed by atoms with E-state index < -0.39 is 0 Å². The van der Waals surface area contributed by atoms with Crippen LogP contribution in [0.25, 0.3) is 0 Å². The molecule has 0 unspecified atom stereocenters. The molecule has 0 saturated carbocycles. The van der Waals surface area contributed by atoms with Crippen LogP contribution in [0.3, 0.4) is 0 Å². The van der Waals surface area contributed by atoms with Gasteiger partial charge >= 0.3 is 0 Å². The summed E-state index contributed by atoms with van der Waals surface area (Å²) in [7, 11) is 0. The second-order valence-electron chi connectivity index (χ2n) is 4.50. The molecule has 2 aromatic rings. The fraction of sp³-hybridized carbons (Fsp3) is 0.462. The number of nitrogens with zero attached hydrogens (tertiary/aromatic N) is 2. The number of thioether (sulfide) groups is 1. The number of aromatic nitrogens is 2. The number of rotatable bonds is 5. The highest BCUT2D eigenvalue weighted by atomic mass is 32.2. The summed E-state index contributed by atoms with van der Waals surface area (Å²) in [5.74, 6) is 1.91. The van der Waals surface area contributed by atoms with Crippen LogP contribution in [0.1, 0.15) is 27.6 Å². The summed E-state index contributed by atoms with van der Waals surface area (Å²) in [5, 5.41) is 7.39. The monoisotopic (exact) mass is 311 g/mol. The van der Waals surface area contributed by atoms with E-state index in [1.54, 1.807) is 11.8 Å². The van der Waals surface area contributed by atoms with Crippen molar-refractivity contribution in [2.24, 2.45) is 0 Å². The number of aryl methyl sites for hydroxylation is 4. The normalized spacial score (nSPS) is 10.8. The maximum Gasteiger partial charge on any atom is 0.236 e. The van der Waals surface area contributed by atoms with Crippen LogP contribution in [0.4, 0.5) is 5.13 Å². The molecular formula is C13H17N3O2S2. The summed E-state index contributed by atoms with van der Waals surface area (Å²) in [4.78, 5) is 17.2. The summed E-state index contributed by atoms with van der Waals surface area (Å²) in [6.45, 7) is 7.73. The molecule has 0 fully saturated rings. The molecule has 0 radical (unpaired) electrons. The largest absolute Gasteiger partial charge is 0.361 e. The zero-order chi connectivity index (χ0) is 14.7. The average Bonchev–Trinajstić information content (AvgIpc) is 2.85. The number of carbonyl (C=O) groups is 1. The molecule has 1 amide bonds. The van der Waals surface area contributed by atoms with Crippen LogP contribution < -0.4 is 5.32 Å². The SMILES string of the molecule is Cc1nc(NC(=O)CSCc2c(C)noc2C)sc1C. The van der Waals surface area contributed by atoms with Gasteiger partial charge in [0.1, 0.15) is 5.76 Å². The molecule has 0 bridgehead atoms. The van der Waals surface area contributed by atoms with Gasteiger partial charge in [-0.15, -0.1) is 23.1 Å². The van der Waals surface area contributed by atoms with Crippen LogP contribution in [0.5, 0.6) is 0 Å². The standard InChI is InChI=1S/C13H17N3O2S2/c1-7-10(4)20-13(14-7)15-12(17)6-19-5-11-8(2)16-18-9(11)3/h5-6H2,1-4H3,(H,14,15,17). The molecule has 108 valence electrons. The predicted octanol–water partition coefficient (Wildman–Crippen LogP) is 3.24. The Morgan fingerprint density at radius 3 is 2.60 bits per heavy atom. The van der Waals surface area contributed by atoms with Gasteiger partial charge in [0.25, 0.3) is 0 Å². The Labute approximate surface area is 126 Å². The molecule has 20 heavy (non-hydrogen) atoms. The van der Waals surface area contributed by atoms with E-state index in [0.717, 1.165) is 33.3 Å². The number of hydrogen-bond donors (Lipinski definition) is 1. The molecule has 0 aliphatic carbocycles. The second-order valence-corrected chi connectivity index (χ2v) is 6.69. The van der Waals surface area contributed by atoms with Crippen molar-refractivity contribution in [2.75, 3.05) is 11.1 Å². The molecule has 0 saturated heterocycles. The van der Waals surface area contributed by atoms with Crippen molar-refractivity contribution in [2.45, 2.75) is 33.4 Å². The van der Waals surface area contributed by atoms with E-state index >= 15 is 0 Å². The molecule has 0 aromatic carbocycles. The Morgan fingerprint density at radius 2 is 2.05 bits per heavy atom. The summed E-state index contributed by atoms with van der Waals surface area (Å²) in [6, 6.07) is 0. The van der Waals surface area contributed by atoms with E-state index in [2.05, 4.69) is 15.5 Å². The Kier molecular flexibility index (Phi) is 4.82.